The molecule has 2 aliphatic rings. The molecule has 0 radical (unpaired) electrons. The first-order valence-corrected chi connectivity index (χ1v) is 9.21. The Labute approximate surface area is 154 Å². The highest BCUT2D eigenvalue weighted by Crippen LogP contribution is 2.23. The normalized spacial score (nSPS) is 20.2. The van der Waals surface area contributed by atoms with Gasteiger partial charge in [0.15, 0.2) is 11.0 Å². The lowest BCUT2D eigenvalue weighted by Gasteiger charge is -2.44. The highest BCUT2D eigenvalue weighted by Gasteiger charge is 2.29. The van der Waals surface area contributed by atoms with Crippen molar-refractivity contribution in [1.82, 2.24) is 15.1 Å². The Balaban J connectivity index is 0.000000192. The predicted molar refractivity (Wildman–Crippen MR) is 101 cm³/mol. The van der Waals surface area contributed by atoms with E-state index in [4.69, 9.17) is 16.3 Å². The highest BCUT2D eigenvalue weighted by atomic mass is 35.5. The number of ether oxygens (including phenoxy) is 1. The average Bonchev–Trinajstić information content (AvgIpc) is 2.69. The lowest BCUT2D eigenvalue weighted by atomic mass is 9.99. The third-order valence-corrected chi connectivity index (χ3v) is 4.96. The summed E-state index contributed by atoms with van der Waals surface area (Å²) in [4.78, 5) is 4.94. The fourth-order valence-corrected chi connectivity index (χ4v) is 3.50. The number of fused-ring (bicyclic) bond motifs is 1. The van der Waals surface area contributed by atoms with Crippen LogP contribution in [0.5, 0.6) is 5.75 Å². The quantitative estimate of drug-likeness (QED) is 0.819. The van der Waals surface area contributed by atoms with Crippen molar-refractivity contribution in [3.63, 3.8) is 0 Å². The van der Waals surface area contributed by atoms with Crippen molar-refractivity contribution in [3.05, 3.63) is 47.6 Å². The number of piperidine rings is 1. The second-order valence-corrected chi connectivity index (χ2v) is 6.75. The van der Waals surface area contributed by atoms with Gasteiger partial charge < -0.3 is 9.64 Å². The molecule has 2 fully saturated rings. The average molecular weight is 361 g/mol. The van der Waals surface area contributed by atoms with Crippen LogP contribution < -0.4 is 9.64 Å². The summed E-state index contributed by atoms with van der Waals surface area (Å²) in [5, 5.41) is 8.55. The third kappa shape index (κ3) is 5.06. The van der Waals surface area contributed by atoms with Gasteiger partial charge >= 0.3 is 0 Å². The van der Waals surface area contributed by atoms with Crippen molar-refractivity contribution < 1.29 is 4.74 Å². The molecule has 1 unspecified atom stereocenters. The van der Waals surface area contributed by atoms with Gasteiger partial charge in [-0.3, -0.25) is 4.90 Å². The smallest absolute Gasteiger partial charge is 0.151 e. The SMILES string of the molecule is COc1ccccc1.Clc1ccc(N2CCN3CCCCC3C2)nn1. The number of halogens is 1. The third-order valence-electron chi connectivity index (χ3n) is 4.76. The van der Waals surface area contributed by atoms with E-state index in [9.17, 15) is 0 Å². The molecule has 0 spiro atoms. The molecule has 4 rings (SSSR count). The van der Waals surface area contributed by atoms with Gasteiger partial charge in [-0.2, -0.15) is 0 Å². The zero-order valence-corrected chi connectivity index (χ0v) is 15.4. The van der Waals surface area contributed by atoms with Gasteiger partial charge in [-0.15, -0.1) is 10.2 Å². The first-order valence-electron chi connectivity index (χ1n) is 8.83. The fourth-order valence-electron chi connectivity index (χ4n) is 3.40. The molecule has 6 heteroatoms. The Morgan fingerprint density at radius 1 is 1.00 bits per heavy atom. The Bertz CT molecular complexity index is 638. The van der Waals surface area contributed by atoms with Gasteiger partial charge in [0.25, 0.3) is 0 Å². The molecule has 0 aliphatic carbocycles. The molecule has 1 aromatic heterocycles. The van der Waals surface area contributed by atoms with Crippen molar-refractivity contribution in [2.24, 2.45) is 0 Å². The van der Waals surface area contributed by atoms with Crippen LogP contribution in [0.1, 0.15) is 19.3 Å². The van der Waals surface area contributed by atoms with Gasteiger partial charge in [0.1, 0.15) is 5.75 Å². The molecule has 5 nitrogen and oxygen atoms in total. The van der Waals surface area contributed by atoms with Crippen LogP contribution >= 0.6 is 11.6 Å². The molecule has 0 bridgehead atoms. The summed E-state index contributed by atoms with van der Waals surface area (Å²) in [6.07, 6.45) is 4.04. The number of methoxy groups -OCH3 is 1. The predicted octanol–water partition coefficient (Wildman–Crippen LogP) is 3.50. The van der Waals surface area contributed by atoms with E-state index in [1.165, 1.54) is 25.8 Å². The van der Waals surface area contributed by atoms with Crippen molar-refractivity contribution in [2.75, 3.05) is 38.2 Å². The Kier molecular flexibility index (Phi) is 6.48. The largest absolute Gasteiger partial charge is 0.497 e. The minimum atomic E-state index is 0.463. The Morgan fingerprint density at radius 2 is 1.84 bits per heavy atom. The van der Waals surface area contributed by atoms with Crippen LogP contribution in [0, 0.1) is 0 Å². The lowest BCUT2D eigenvalue weighted by Crippen LogP contribution is -2.55. The van der Waals surface area contributed by atoms with E-state index in [-0.39, 0.29) is 0 Å². The van der Waals surface area contributed by atoms with Crippen LogP contribution in [0.25, 0.3) is 0 Å². The van der Waals surface area contributed by atoms with Gasteiger partial charge in [-0.25, -0.2) is 0 Å². The number of rotatable bonds is 2. The molecular weight excluding hydrogens is 336 g/mol. The van der Waals surface area contributed by atoms with Crippen LogP contribution in [0.3, 0.4) is 0 Å². The molecule has 2 saturated heterocycles. The Morgan fingerprint density at radius 3 is 2.52 bits per heavy atom. The molecule has 2 aromatic rings. The second kappa shape index (κ2) is 9.02. The summed E-state index contributed by atoms with van der Waals surface area (Å²) in [7, 11) is 1.66. The zero-order chi connectivity index (χ0) is 17.5. The number of anilines is 1. The summed E-state index contributed by atoms with van der Waals surface area (Å²) in [5.74, 6) is 1.87. The minimum absolute atomic E-state index is 0.463. The van der Waals surface area contributed by atoms with Crippen LogP contribution in [0.4, 0.5) is 5.82 Å². The molecule has 2 aliphatic heterocycles. The highest BCUT2D eigenvalue weighted by molar-refractivity contribution is 6.29. The van der Waals surface area contributed by atoms with Crippen LogP contribution in [0.15, 0.2) is 42.5 Å². The van der Waals surface area contributed by atoms with Crippen LogP contribution in [-0.2, 0) is 0 Å². The number of benzene rings is 1. The van der Waals surface area contributed by atoms with E-state index in [0.717, 1.165) is 31.2 Å². The fraction of sp³-hybridized carbons (Fsp3) is 0.474. The van der Waals surface area contributed by atoms with Gasteiger partial charge in [0, 0.05) is 25.7 Å². The van der Waals surface area contributed by atoms with Crippen LogP contribution in [-0.4, -0.2) is 54.4 Å². The van der Waals surface area contributed by atoms with Crippen molar-refractivity contribution in [2.45, 2.75) is 25.3 Å². The molecule has 1 atom stereocenters. The van der Waals surface area contributed by atoms with E-state index in [0.29, 0.717) is 11.2 Å². The summed E-state index contributed by atoms with van der Waals surface area (Å²) in [6.45, 7) is 4.54. The van der Waals surface area contributed by atoms with Crippen LogP contribution in [0.2, 0.25) is 5.15 Å². The van der Waals surface area contributed by atoms with Crippen molar-refractivity contribution >= 4 is 17.4 Å². The number of nitrogens with zero attached hydrogens (tertiary/aromatic N) is 4. The van der Waals surface area contributed by atoms with E-state index < -0.39 is 0 Å². The molecule has 0 N–H and O–H groups in total. The number of para-hydroxylation sites is 1. The summed E-state index contributed by atoms with van der Waals surface area (Å²) in [6, 6.07) is 14.2. The van der Waals surface area contributed by atoms with E-state index in [1.807, 2.05) is 42.5 Å². The van der Waals surface area contributed by atoms with Crippen molar-refractivity contribution in [1.29, 1.82) is 0 Å². The lowest BCUT2D eigenvalue weighted by molar-refractivity contribution is 0.133. The molecule has 25 heavy (non-hydrogen) atoms. The molecule has 0 saturated carbocycles. The van der Waals surface area contributed by atoms with Gasteiger partial charge in [-0.05, 0) is 43.7 Å². The zero-order valence-electron chi connectivity index (χ0n) is 14.6. The van der Waals surface area contributed by atoms with Crippen molar-refractivity contribution in [3.8, 4) is 5.75 Å². The second-order valence-electron chi connectivity index (χ2n) is 6.36. The summed E-state index contributed by atoms with van der Waals surface area (Å²) < 4.78 is 4.91. The maximum Gasteiger partial charge on any atom is 0.151 e. The summed E-state index contributed by atoms with van der Waals surface area (Å²) in [5.41, 5.74) is 0. The number of hydrogen-bond acceptors (Lipinski definition) is 5. The maximum absolute atomic E-state index is 5.76. The summed E-state index contributed by atoms with van der Waals surface area (Å²) >= 11 is 5.76. The number of aromatic nitrogens is 2. The van der Waals surface area contributed by atoms with E-state index in [2.05, 4.69) is 20.0 Å². The minimum Gasteiger partial charge on any atom is -0.497 e. The Hall–Kier alpha value is -1.85. The van der Waals surface area contributed by atoms with E-state index in [1.54, 1.807) is 7.11 Å². The monoisotopic (exact) mass is 360 g/mol. The maximum atomic E-state index is 5.76. The van der Waals surface area contributed by atoms with E-state index >= 15 is 0 Å². The standard InChI is InChI=1S/C12H17ClN4.C7H8O/c13-11-4-5-12(15-14-11)17-8-7-16-6-2-1-3-10(16)9-17;1-8-7-5-3-2-4-6-7/h4-5,10H,1-3,6-9H2;2-6H,1H3. The van der Waals surface area contributed by atoms with Gasteiger partial charge in [0.2, 0.25) is 0 Å². The molecule has 134 valence electrons. The topological polar surface area (TPSA) is 41.5 Å². The first kappa shape index (κ1) is 18.0. The van der Waals surface area contributed by atoms with Gasteiger partial charge in [-0.1, -0.05) is 36.2 Å². The molecule has 1 aromatic carbocycles. The van der Waals surface area contributed by atoms with Gasteiger partial charge in [0.05, 0.1) is 7.11 Å². The molecule has 3 heterocycles. The number of hydrogen-bond donors (Lipinski definition) is 0. The number of piperazine rings is 1. The molecular formula is C19H25ClN4O. The first-order chi connectivity index (χ1) is 12.3. The molecule has 0 amide bonds.